The van der Waals surface area contributed by atoms with E-state index in [4.69, 9.17) is 21.6 Å². The van der Waals surface area contributed by atoms with Gasteiger partial charge in [0.15, 0.2) is 5.82 Å². The smallest absolute Gasteiger partial charge is 0.162 e. The van der Waals surface area contributed by atoms with Crippen molar-refractivity contribution in [1.29, 1.82) is 0 Å². The topological polar surface area (TPSA) is 66.8 Å². The molecule has 0 radical (unpaired) electrons. The molecular formula is C23H21ClN6. The van der Waals surface area contributed by atoms with Crippen molar-refractivity contribution < 1.29 is 0 Å². The van der Waals surface area contributed by atoms with Gasteiger partial charge in [0, 0.05) is 49.0 Å². The van der Waals surface area contributed by atoms with Crippen molar-refractivity contribution >= 4 is 28.3 Å². The van der Waals surface area contributed by atoms with Gasteiger partial charge in [-0.25, -0.2) is 15.0 Å². The molecular weight excluding hydrogens is 396 g/mol. The molecule has 0 unspecified atom stereocenters. The number of hydrogen-bond acceptors (Lipinski definition) is 6. The third-order valence-electron chi connectivity index (χ3n) is 5.35. The van der Waals surface area contributed by atoms with Gasteiger partial charge in [0.25, 0.3) is 0 Å². The van der Waals surface area contributed by atoms with E-state index in [1.807, 2.05) is 18.2 Å². The third-order valence-corrected chi connectivity index (χ3v) is 5.55. The number of pyridine rings is 2. The summed E-state index contributed by atoms with van der Waals surface area (Å²) < 4.78 is 0. The van der Waals surface area contributed by atoms with E-state index >= 15 is 0 Å². The molecule has 1 N–H and O–H groups in total. The Morgan fingerprint density at radius 3 is 2.73 bits per heavy atom. The van der Waals surface area contributed by atoms with Crippen molar-refractivity contribution in [1.82, 2.24) is 25.3 Å². The minimum Gasteiger partial charge on any atom is -0.353 e. The molecule has 0 spiro atoms. The van der Waals surface area contributed by atoms with E-state index in [2.05, 4.69) is 50.5 Å². The van der Waals surface area contributed by atoms with Crippen molar-refractivity contribution in [2.75, 3.05) is 24.5 Å². The number of nitrogens with zero attached hydrogens (tertiary/aromatic N) is 5. The molecule has 1 fully saturated rings. The van der Waals surface area contributed by atoms with Crippen LogP contribution in [0.15, 0.2) is 67.1 Å². The summed E-state index contributed by atoms with van der Waals surface area (Å²) in [7, 11) is 0. The number of nitrogens with one attached hydrogen (secondary N) is 1. The number of hydrogen-bond donors (Lipinski definition) is 1. The first-order valence-electron chi connectivity index (χ1n) is 10.0. The van der Waals surface area contributed by atoms with Crippen LogP contribution in [0.4, 0.5) is 5.82 Å². The molecule has 4 aromatic rings. The lowest BCUT2D eigenvalue weighted by Crippen LogP contribution is -2.52. The highest BCUT2D eigenvalue weighted by Crippen LogP contribution is 2.29. The van der Waals surface area contributed by atoms with Gasteiger partial charge in [0.1, 0.15) is 11.0 Å². The van der Waals surface area contributed by atoms with Gasteiger partial charge in [-0.05, 0) is 30.2 Å². The molecule has 7 heteroatoms. The van der Waals surface area contributed by atoms with Gasteiger partial charge in [0.2, 0.25) is 0 Å². The molecule has 4 heterocycles. The predicted molar refractivity (Wildman–Crippen MR) is 120 cm³/mol. The average molecular weight is 417 g/mol. The zero-order valence-corrected chi connectivity index (χ0v) is 17.1. The summed E-state index contributed by atoms with van der Waals surface area (Å²) in [6.45, 7) is 2.62. The van der Waals surface area contributed by atoms with Crippen molar-refractivity contribution in [2.24, 2.45) is 0 Å². The molecule has 1 aliphatic heterocycles. The van der Waals surface area contributed by atoms with Crippen LogP contribution in [0, 0.1) is 0 Å². The average Bonchev–Trinajstić information content (AvgIpc) is 2.80. The number of rotatable bonds is 4. The molecule has 5 rings (SSSR count). The highest BCUT2D eigenvalue weighted by atomic mass is 35.5. The summed E-state index contributed by atoms with van der Waals surface area (Å²) in [5.41, 5.74) is 3.04. The van der Waals surface area contributed by atoms with Crippen molar-refractivity contribution in [2.45, 2.75) is 12.5 Å². The lowest BCUT2D eigenvalue weighted by molar-refractivity contribution is 0.453. The molecule has 0 bridgehead atoms. The zero-order valence-electron chi connectivity index (χ0n) is 16.4. The Morgan fingerprint density at radius 2 is 1.90 bits per heavy atom. The van der Waals surface area contributed by atoms with Crippen LogP contribution in [0.25, 0.3) is 22.3 Å². The van der Waals surface area contributed by atoms with E-state index < -0.39 is 0 Å². The second-order valence-electron chi connectivity index (χ2n) is 7.42. The van der Waals surface area contributed by atoms with Gasteiger partial charge in [0.05, 0.1) is 11.7 Å². The SMILES string of the molecule is Clc1cc2c(N3CCN[C@@H](Cc4ccccc4)C3)nc(-c3ccncc3)nc2cn1. The molecule has 1 aliphatic rings. The van der Waals surface area contributed by atoms with Gasteiger partial charge in [-0.15, -0.1) is 0 Å². The van der Waals surface area contributed by atoms with E-state index in [9.17, 15) is 0 Å². The lowest BCUT2D eigenvalue weighted by atomic mass is 10.0. The van der Waals surface area contributed by atoms with Gasteiger partial charge >= 0.3 is 0 Å². The Balaban J connectivity index is 1.52. The first-order valence-corrected chi connectivity index (χ1v) is 10.4. The van der Waals surface area contributed by atoms with Gasteiger partial charge < -0.3 is 10.2 Å². The second-order valence-corrected chi connectivity index (χ2v) is 7.80. The highest BCUT2D eigenvalue weighted by molar-refractivity contribution is 6.30. The summed E-state index contributed by atoms with van der Waals surface area (Å²) in [6.07, 6.45) is 6.20. The van der Waals surface area contributed by atoms with E-state index in [-0.39, 0.29) is 0 Å². The Labute approximate surface area is 180 Å². The molecule has 0 saturated carbocycles. The van der Waals surface area contributed by atoms with Gasteiger partial charge in [-0.2, -0.15) is 0 Å². The number of aromatic nitrogens is 4. The van der Waals surface area contributed by atoms with Crippen LogP contribution < -0.4 is 10.2 Å². The number of anilines is 1. The van der Waals surface area contributed by atoms with Crippen LogP contribution in [0.5, 0.6) is 0 Å². The molecule has 1 saturated heterocycles. The Kier molecular flexibility index (Phi) is 5.26. The Bertz CT molecular complexity index is 1150. The summed E-state index contributed by atoms with van der Waals surface area (Å²) in [5.74, 6) is 1.57. The van der Waals surface area contributed by atoms with E-state index in [1.54, 1.807) is 18.6 Å². The molecule has 3 aromatic heterocycles. The molecule has 150 valence electrons. The summed E-state index contributed by atoms with van der Waals surface area (Å²) in [5, 5.41) is 5.01. The van der Waals surface area contributed by atoms with Crippen molar-refractivity contribution in [3.63, 3.8) is 0 Å². The van der Waals surface area contributed by atoms with Crippen LogP contribution in [0.2, 0.25) is 5.15 Å². The third kappa shape index (κ3) is 3.97. The molecule has 30 heavy (non-hydrogen) atoms. The molecule has 0 amide bonds. The zero-order chi connectivity index (χ0) is 20.3. The molecule has 1 atom stereocenters. The second kappa shape index (κ2) is 8.34. The maximum atomic E-state index is 6.22. The Morgan fingerprint density at radius 1 is 1.07 bits per heavy atom. The van der Waals surface area contributed by atoms with Crippen LogP contribution in [0.1, 0.15) is 5.56 Å². The molecule has 1 aromatic carbocycles. The minimum atomic E-state index is 0.341. The first-order chi connectivity index (χ1) is 14.8. The monoisotopic (exact) mass is 416 g/mol. The molecule has 6 nitrogen and oxygen atoms in total. The highest BCUT2D eigenvalue weighted by Gasteiger charge is 2.23. The summed E-state index contributed by atoms with van der Waals surface area (Å²) >= 11 is 6.22. The van der Waals surface area contributed by atoms with Crippen LogP contribution in [0.3, 0.4) is 0 Å². The standard InChI is InChI=1S/C23H21ClN6/c24-21-13-19-20(14-27-21)28-22(17-6-8-25-9-7-17)29-23(19)30-11-10-26-18(15-30)12-16-4-2-1-3-5-16/h1-9,13-14,18,26H,10-12,15H2/t18-/m0/s1. The fourth-order valence-corrected chi connectivity index (χ4v) is 4.07. The largest absolute Gasteiger partial charge is 0.353 e. The number of benzene rings is 1. The molecule has 0 aliphatic carbocycles. The maximum Gasteiger partial charge on any atom is 0.162 e. The number of fused-ring (bicyclic) bond motifs is 1. The normalized spacial score (nSPS) is 16.7. The number of piperazine rings is 1. The summed E-state index contributed by atoms with van der Waals surface area (Å²) in [4.78, 5) is 20.3. The predicted octanol–water partition coefficient (Wildman–Crippen LogP) is 3.76. The Hall–Kier alpha value is -3.09. The first kappa shape index (κ1) is 18.9. The van der Waals surface area contributed by atoms with Gasteiger partial charge in [-0.3, -0.25) is 4.98 Å². The van der Waals surface area contributed by atoms with E-state index in [1.165, 1.54) is 5.56 Å². The van der Waals surface area contributed by atoms with Crippen molar-refractivity contribution in [3.05, 3.63) is 77.8 Å². The van der Waals surface area contributed by atoms with Crippen LogP contribution >= 0.6 is 11.6 Å². The van der Waals surface area contributed by atoms with Crippen LogP contribution in [-0.2, 0) is 6.42 Å². The minimum absolute atomic E-state index is 0.341. The van der Waals surface area contributed by atoms with Crippen LogP contribution in [-0.4, -0.2) is 45.6 Å². The fraction of sp³-hybridized carbons (Fsp3) is 0.217. The van der Waals surface area contributed by atoms with Crippen molar-refractivity contribution in [3.8, 4) is 11.4 Å². The van der Waals surface area contributed by atoms with E-state index in [0.717, 1.165) is 48.3 Å². The number of halogens is 1. The quantitative estimate of drug-likeness (QED) is 0.511. The summed E-state index contributed by atoms with van der Waals surface area (Å²) in [6, 6.07) is 16.6. The van der Waals surface area contributed by atoms with Gasteiger partial charge in [-0.1, -0.05) is 41.9 Å². The lowest BCUT2D eigenvalue weighted by Gasteiger charge is -2.35. The fourth-order valence-electron chi connectivity index (χ4n) is 3.91. The maximum absolute atomic E-state index is 6.22. The van der Waals surface area contributed by atoms with E-state index in [0.29, 0.717) is 17.0 Å².